The Bertz CT molecular complexity index is 481. The Hall–Kier alpha value is -1.07. The second kappa shape index (κ2) is 5.13. The lowest BCUT2D eigenvalue weighted by molar-refractivity contribution is -0.147. The number of piperazine rings is 1. The molecule has 4 nitrogen and oxygen atoms in total. The van der Waals surface area contributed by atoms with Gasteiger partial charge in [-0.25, -0.2) is 0 Å². The summed E-state index contributed by atoms with van der Waals surface area (Å²) in [6.45, 7) is 6.23. The van der Waals surface area contributed by atoms with Crippen molar-refractivity contribution < 1.29 is 4.79 Å². The average Bonchev–Trinajstić information content (AvgIpc) is 2.34. The van der Waals surface area contributed by atoms with Gasteiger partial charge in [0, 0.05) is 42.4 Å². The number of nitrogen functional groups attached to an aromatic ring is 1. The van der Waals surface area contributed by atoms with Gasteiger partial charge >= 0.3 is 0 Å². The number of likely N-dealkylation sites (N-methyl/N-ethyl adjacent to an activating group) is 1. The first-order valence-corrected chi connectivity index (χ1v) is 7.17. The summed E-state index contributed by atoms with van der Waals surface area (Å²) < 4.78 is 0.995. The summed E-state index contributed by atoms with van der Waals surface area (Å²) in [6.07, 6.45) is 0. The summed E-state index contributed by atoms with van der Waals surface area (Å²) in [5, 5.41) is 0. The molecule has 1 aliphatic rings. The molecule has 1 heterocycles. The summed E-state index contributed by atoms with van der Waals surface area (Å²) in [7, 11) is 1.86. The molecule has 5 heteroatoms. The standard InChI is InChI=1S/C14H20BrN3O/c1-14(2)13(19)17(3)7-8-18(14)9-10-11(15)5-4-6-12(10)16/h4-6H,7-9,16H2,1-3H3. The van der Waals surface area contributed by atoms with Crippen LogP contribution in [0.25, 0.3) is 0 Å². The van der Waals surface area contributed by atoms with Gasteiger partial charge in [-0.05, 0) is 26.0 Å². The van der Waals surface area contributed by atoms with Crippen molar-refractivity contribution in [2.24, 2.45) is 0 Å². The van der Waals surface area contributed by atoms with Gasteiger partial charge in [-0.3, -0.25) is 9.69 Å². The van der Waals surface area contributed by atoms with Crippen molar-refractivity contribution in [3.8, 4) is 0 Å². The molecule has 1 aliphatic heterocycles. The van der Waals surface area contributed by atoms with E-state index in [1.54, 1.807) is 4.90 Å². The molecule has 0 atom stereocenters. The van der Waals surface area contributed by atoms with Crippen LogP contribution in [0.3, 0.4) is 0 Å². The third kappa shape index (κ3) is 2.62. The number of carbonyl (C=O) groups excluding carboxylic acids is 1. The molecule has 1 fully saturated rings. The number of nitrogens with two attached hydrogens (primary N) is 1. The Morgan fingerprint density at radius 2 is 2.05 bits per heavy atom. The number of anilines is 1. The quantitative estimate of drug-likeness (QED) is 0.847. The molecule has 1 amide bonds. The molecular formula is C14H20BrN3O. The Morgan fingerprint density at radius 1 is 1.37 bits per heavy atom. The topological polar surface area (TPSA) is 49.6 Å². The lowest BCUT2D eigenvalue weighted by atomic mass is 9.96. The third-order valence-electron chi connectivity index (χ3n) is 3.87. The number of benzene rings is 1. The van der Waals surface area contributed by atoms with Crippen LogP contribution in [0.15, 0.2) is 22.7 Å². The van der Waals surface area contributed by atoms with Crippen molar-refractivity contribution in [2.75, 3.05) is 25.9 Å². The molecule has 2 rings (SSSR count). The fourth-order valence-electron chi connectivity index (χ4n) is 2.46. The van der Waals surface area contributed by atoms with Crippen LogP contribution in [-0.4, -0.2) is 41.4 Å². The predicted molar refractivity (Wildman–Crippen MR) is 80.7 cm³/mol. The number of halogens is 1. The van der Waals surface area contributed by atoms with Crippen LogP contribution in [0.4, 0.5) is 5.69 Å². The SMILES string of the molecule is CN1CCN(Cc2c(N)cccc2Br)C(C)(C)C1=O. The molecule has 0 bridgehead atoms. The van der Waals surface area contributed by atoms with Gasteiger partial charge in [0.25, 0.3) is 0 Å². The number of amides is 1. The number of nitrogens with zero attached hydrogens (tertiary/aromatic N) is 2. The number of rotatable bonds is 2. The van der Waals surface area contributed by atoms with E-state index in [1.807, 2.05) is 39.1 Å². The second-order valence-corrected chi connectivity index (χ2v) is 6.37. The van der Waals surface area contributed by atoms with Crippen LogP contribution in [0.5, 0.6) is 0 Å². The van der Waals surface area contributed by atoms with E-state index in [4.69, 9.17) is 5.73 Å². The summed E-state index contributed by atoms with van der Waals surface area (Å²) in [4.78, 5) is 16.2. The highest BCUT2D eigenvalue weighted by Gasteiger charge is 2.40. The van der Waals surface area contributed by atoms with Gasteiger partial charge in [0.15, 0.2) is 0 Å². The lowest BCUT2D eigenvalue weighted by Crippen LogP contribution is -2.61. The van der Waals surface area contributed by atoms with E-state index < -0.39 is 5.54 Å². The number of hydrogen-bond acceptors (Lipinski definition) is 3. The van der Waals surface area contributed by atoms with E-state index in [2.05, 4.69) is 20.8 Å². The van der Waals surface area contributed by atoms with Crippen LogP contribution in [0.1, 0.15) is 19.4 Å². The monoisotopic (exact) mass is 325 g/mol. The van der Waals surface area contributed by atoms with Gasteiger partial charge in [-0.15, -0.1) is 0 Å². The molecule has 0 radical (unpaired) electrons. The molecule has 1 saturated heterocycles. The second-order valence-electron chi connectivity index (χ2n) is 5.51. The Kier molecular flexibility index (Phi) is 3.87. The molecule has 0 aromatic heterocycles. The van der Waals surface area contributed by atoms with Crippen LogP contribution < -0.4 is 5.73 Å². The summed E-state index contributed by atoms with van der Waals surface area (Å²) in [5.74, 6) is 0.157. The molecule has 19 heavy (non-hydrogen) atoms. The first-order valence-electron chi connectivity index (χ1n) is 6.37. The van der Waals surface area contributed by atoms with Gasteiger partial charge in [0.1, 0.15) is 0 Å². The average molecular weight is 326 g/mol. The van der Waals surface area contributed by atoms with E-state index in [-0.39, 0.29) is 5.91 Å². The first kappa shape index (κ1) is 14.3. The van der Waals surface area contributed by atoms with E-state index in [1.165, 1.54) is 0 Å². The summed E-state index contributed by atoms with van der Waals surface area (Å²) in [6, 6.07) is 5.80. The van der Waals surface area contributed by atoms with Crippen LogP contribution in [-0.2, 0) is 11.3 Å². The van der Waals surface area contributed by atoms with E-state index >= 15 is 0 Å². The van der Waals surface area contributed by atoms with Crippen molar-refractivity contribution in [3.63, 3.8) is 0 Å². The first-order chi connectivity index (χ1) is 8.84. The zero-order valence-electron chi connectivity index (χ0n) is 11.6. The number of hydrogen-bond donors (Lipinski definition) is 1. The molecule has 2 N–H and O–H groups in total. The van der Waals surface area contributed by atoms with Crippen molar-refractivity contribution >= 4 is 27.5 Å². The minimum atomic E-state index is -0.491. The predicted octanol–water partition coefficient (Wildman–Crippen LogP) is 2.08. The maximum atomic E-state index is 12.3. The molecule has 0 aliphatic carbocycles. The molecule has 0 unspecified atom stereocenters. The minimum Gasteiger partial charge on any atom is -0.398 e. The summed E-state index contributed by atoms with van der Waals surface area (Å²) in [5.41, 5.74) is 7.36. The molecule has 1 aromatic rings. The Labute approximate surface area is 122 Å². The van der Waals surface area contributed by atoms with E-state index in [0.29, 0.717) is 6.54 Å². The fraction of sp³-hybridized carbons (Fsp3) is 0.500. The van der Waals surface area contributed by atoms with Crippen molar-refractivity contribution in [3.05, 3.63) is 28.2 Å². The van der Waals surface area contributed by atoms with Gasteiger partial charge in [-0.1, -0.05) is 22.0 Å². The van der Waals surface area contributed by atoms with Gasteiger partial charge in [0.05, 0.1) is 5.54 Å². The Morgan fingerprint density at radius 3 is 2.68 bits per heavy atom. The zero-order valence-corrected chi connectivity index (χ0v) is 13.2. The zero-order chi connectivity index (χ0) is 14.2. The van der Waals surface area contributed by atoms with Crippen molar-refractivity contribution in [2.45, 2.75) is 25.9 Å². The van der Waals surface area contributed by atoms with Gasteiger partial charge < -0.3 is 10.6 Å². The highest BCUT2D eigenvalue weighted by molar-refractivity contribution is 9.10. The molecule has 0 saturated carbocycles. The molecular weight excluding hydrogens is 306 g/mol. The fourth-order valence-corrected chi connectivity index (χ4v) is 2.97. The maximum Gasteiger partial charge on any atom is 0.242 e. The van der Waals surface area contributed by atoms with E-state index in [9.17, 15) is 4.79 Å². The van der Waals surface area contributed by atoms with Crippen molar-refractivity contribution in [1.82, 2.24) is 9.80 Å². The molecule has 0 spiro atoms. The largest absolute Gasteiger partial charge is 0.398 e. The highest BCUT2D eigenvalue weighted by Crippen LogP contribution is 2.29. The normalized spacial score (nSPS) is 19.8. The maximum absolute atomic E-state index is 12.3. The number of carbonyl (C=O) groups is 1. The summed E-state index contributed by atoms with van der Waals surface area (Å²) >= 11 is 3.54. The highest BCUT2D eigenvalue weighted by atomic mass is 79.9. The molecule has 104 valence electrons. The van der Waals surface area contributed by atoms with Crippen molar-refractivity contribution in [1.29, 1.82) is 0 Å². The van der Waals surface area contributed by atoms with Gasteiger partial charge in [0.2, 0.25) is 5.91 Å². The van der Waals surface area contributed by atoms with Gasteiger partial charge in [-0.2, -0.15) is 0 Å². The van der Waals surface area contributed by atoms with Crippen LogP contribution in [0.2, 0.25) is 0 Å². The van der Waals surface area contributed by atoms with Crippen LogP contribution in [0, 0.1) is 0 Å². The van der Waals surface area contributed by atoms with E-state index in [0.717, 1.165) is 28.8 Å². The molecule has 1 aromatic carbocycles. The Balaban J connectivity index is 2.26. The van der Waals surface area contributed by atoms with Crippen LogP contribution >= 0.6 is 15.9 Å². The minimum absolute atomic E-state index is 0.157. The smallest absolute Gasteiger partial charge is 0.242 e. The lowest BCUT2D eigenvalue weighted by Gasteiger charge is -2.45. The third-order valence-corrected chi connectivity index (χ3v) is 4.61.